The van der Waals surface area contributed by atoms with Gasteiger partial charge in [-0.2, -0.15) is 0 Å². The highest BCUT2D eigenvalue weighted by Gasteiger charge is 2.28. The van der Waals surface area contributed by atoms with Gasteiger partial charge in [-0.15, -0.1) is 0 Å². The van der Waals surface area contributed by atoms with E-state index in [0.29, 0.717) is 15.8 Å². The summed E-state index contributed by atoms with van der Waals surface area (Å²) in [6.07, 6.45) is 2.08. The number of likely N-dealkylation sites (tertiary alicyclic amines) is 1. The first-order chi connectivity index (χ1) is 9.61. The minimum absolute atomic E-state index is 0.00155. The van der Waals surface area contributed by atoms with E-state index in [1.54, 1.807) is 18.2 Å². The summed E-state index contributed by atoms with van der Waals surface area (Å²) < 4.78 is 5.49. The lowest BCUT2D eigenvalue weighted by molar-refractivity contribution is -0.134. The number of likely N-dealkylation sites (N-methyl/N-ethyl adjacent to an activating group) is 1. The molecule has 6 heteroatoms. The van der Waals surface area contributed by atoms with E-state index in [0.717, 1.165) is 25.9 Å². The van der Waals surface area contributed by atoms with E-state index in [2.05, 4.69) is 5.32 Å². The van der Waals surface area contributed by atoms with E-state index in [9.17, 15) is 4.79 Å². The molecule has 0 spiro atoms. The molecule has 0 bridgehead atoms. The quantitative estimate of drug-likeness (QED) is 0.907. The van der Waals surface area contributed by atoms with E-state index in [4.69, 9.17) is 27.9 Å². The monoisotopic (exact) mass is 316 g/mol. The molecule has 1 saturated heterocycles. The number of nitrogens with one attached hydrogen (secondary N) is 1. The van der Waals surface area contributed by atoms with E-state index in [1.807, 2.05) is 11.9 Å². The molecule has 1 heterocycles. The lowest BCUT2D eigenvalue weighted by atomic mass is 10.2. The molecule has 1 aromatic carbocycles. The summed E-state index contributed by atoms with van der Waals surface area (Å²) in [5.74, 6) is 0.475. The molecule has 0 saturated carbocycles. The number of halogens is 2. The Balaban J connectivity index is 1.91. The lowest BCUT2D eigenvalue weighted by Crippen LogP contribution is -2.43. The summed E-state index contributed by atoms with van der Waals surface area (Å²) in [6, 6.07) is 5.22. The fraction of sp³-hybridized carbons (Fsp3) is 0.500. The standard InChI is InChI=1S/C14H18Cl2N2O2/c1-17-8-11-3-2-6-18(11)14(19)9-20-13-5-4-10(15)7-12(13)16/h4-5,7,11,17H,2-3,6,8-9H2,1H3. The average Bonchev–Trinajstić information content (AvgIpc) is 2.86. The zero-order valence-corrected chi connectivity index (χ0v) is 12.9. The van der Waals surface area contributed by atoms with Crippen molar-refractivity contribution in [1.82, 2.24) is 10.2 Å². The Bertz CT molecular complexity index is 482. The zero-order valence-electron chi connectivity index (χ0n) is 11.4. The van der Waals surface area contributed by atoms with E-state index in [-0.39, 0.29) is 18.6 Å². The van der Waals surface area contributed by atoms with Gasteiger partial charge in [0.25, 0.3) is 5.91 Å². The van der Waals surface area contributed by atoms with Crippen LogP contribution in [-0.2, 0) is 4.79 Å². The van der Waals surface area contributed by atoms with Gasteiger partial charge in [0.05, 0.1) is 5.02 Å². The first kappa shape index (κ1) is 15.4. The molecule has 0 aliphatic carbocycles. The highest BCUT2D eigenvalue weighted by atomic mass is 35.5. The second-order valence-corrected chi connectivity index (χ2v) is 5.65. The normalized spacial score (nSPS) is 18.4. The molecule has 1 aromatic rings. The largest absolute Gasteiger partial charge is 0.482 e. The summed E-state index contributed by atoms with van der Waals surface area (Å²) in [6.45, 7) is 1.61. The van der Waals surface area contributed by atoms with E-state index >= 15 is 0 Å². The van der Waals surface area contributed by atoms with Crippen molar-refractivity contribution in [3.05, 3.63) is 28.2 Å². The van der Waals surface area contributed by atoms with Crippen LogP contribution in [0.4, 0.5) is 0 Å². The molecule has 1 atom stereocenters. The Hall–Kier alpha value is -0.970. The predicted octanol–water partition coefficient (Wildman–Crippen LogP) is 2.58. The van der Waals surface area contributed by atoms with Crippen LogP contribution in [0, 0.1) is 0 Å². The third kappa shape index (κ3) is 3.78. The number of ether oxygens (including phenoxy) is 1. The highest BCUT2D eigenvalue weighted by molar-refractivity contribution is 6.35. The molecule has 0 aromatic heterocycles. The van der Waals surface area contributed by atoms with Crippen molar-refractivity contribution < 1.29 is 9.53 Å². The average molecular weight is 317 g/mol. The number of benzene rings is 1. The van der Waals surface area contributed by atoms with Gasteiger partial charge in [0.2, 0.25) is 0 Å². The molecule has 110 valence electrons. The third-order valence-corrected chi connectivity index (χ3v) is 3.91. The first-order valence-electron chi connectivity index (χ1n) is 6.63. The number of hydrogen-bond donors (Lipinski definition) is 1. The van der Waals surface area contributed by atoms with Crippen molar-refractivity contribution in [3.8, 4) is 5.75 Å². The van der Waals surface area contributed by atoms with Crippen LogP contribution in [0.15, 0.2) is 18.2 Å². The van der Waals surface area contributed by atoms with Crippen molar-refractivity contribution in [1.29, 1.82) is 0 Å². The van der Waals surface area contributed by atoms with Gasteiger partial charge in [0, 0.05) is 24.2 Å². The molecular formula is C14H18Cl2N2O2. The van der Waals surface area contributed by atoms with Crippen LogP contribution < -0.4 is 10.1 Å². The SMILES string of the molecule is CNCC1CCCN1C(=O)COc1ccc(Cl)cc1Cl. The van der Waals surface area contributed by atoms with E-state index in [1.165, 1.54) is 0 Å². The fourth-order valence-electron chi connectivity index (χ4n) is 2.43. The van der Waals surface area contributed by atoms with Gasteiger partial charge in [-0.25, -0.2) is 0 Å². The minimum atomic E-state index is -0.00577. The minimum Gasteiger partial charge on any atom is -0.482 e. The maximum atomic E-state index is 12.2. The van der Waals surface area contributed by atoms with Gasteiger partial charge in [-0.05, 0) is 38.1 Å². The second-order valence-electron chi connectivity index (χ2n) is 4.80. The number of nitrogens with zero attached hydrogens (tertiary/aromatic N) is 1. The van der Waals surface area contributed by atoms with Crippen molar-refractivity contribution in [3.63, 3.8) is 0 Å². The van der Waals surface area contributed by atoms with Gasteiger partial charge >= 0.3 is 0 Å². The third-order valence-electron chi connectivity index (χ3n) is 3.38. The maximum Gasteiger partial charge on any atom is 0.260 e. The smallest absolute Gasteiger partial charge is 0.260 e. The first-order valence-corrected chi connectivity index (χ1v) is 7.39. The van der Waals surface area contributed by atoms with E-state index < -0.39 is 0 Å². The van der Waals surface area contributed by atoms with Crippen molar-refractivity contribution >= 4 is 29.1 Å². The summed E-state index contributed by atoms with van der Waals surface area (Å²) in [4.78, 5) is 14.1. The van der Waals surface area contributed by atoms with Gasteiger partial charge in [0.15, 0.2) is 6.61 Å². The van der Waals surface area contributed by atoms with Gasteiger partial charge < -0.3 is 15.0 Å². The topological polar surface area (TPSA) is 41.6 Å². The number of carbonyl (C=O) groups excluding carboxylic acids is 1. The van der Waals surface area contributed by atoms with Crippen molar-refractivity contribution in [2.75, 3.05) is 26.7 Å². The number of carbonyl (C=O) groups is 1. The molecule has 20 heavy (non-hydrogen) atoms. The van der Waals surface area contributed by atoms with Crippen LogP contribution in [-0.4, -0.2) is 43.6 Å². The molecule has 1 amide bonds. The van der Waals surface area contributed by atoms with Gasteiger partial charge in [-0.3, -0.25) is 4.79 Å². The van der Waals surface area contributed by atoms with Crippen LogP contribution in [0.2, 0.25) is 10.0 Å². The molecule has 2 rings (SSSR count). The molecule has 1 fully saturated rings. The Kier molecular flexibility index (Phi) is 5.52. The Morgan fingerprint density at radius 2 is 2.30 bits per heavy atom. The van der Waals surface area contributed by atoms with Crippen LogP contribution in [0.5, 0.6) is 5.75 Å². The summed E-state index contributed by atoms with van der Waals surface area (Å²) in [5.41, 5.74) is 0. The molecule has 1 aliphatic rings. The molecule has 4 nitrogen and oxygen atoms in total. The molecule has 1 aliphatic heterocycles. The highest BCUT2D eigenvalue weighted by Crippen LogP contribution is 2.27. The Labute approximate surface area is 129 Å². The molecule has 1 N–H and O–H groups in total. The Morgan fingerprint density at radius 1 is 1.50 bits per heavy atom. The number of rotatable bonds is 5. The van der Waals surface area contributed by atoms with Crippen LogP contribution >= 0.6 is 23.2 Å². The summed E-state index contributed by atoms with van der Waals surface area (Å²) >= 11 is 11.8. The lowest BCUT2D eigenvalue weighted by Gasteiger charge is -2.24. The number of hydrogen-bond acceptors (Lipinski definition) is 3. The summed E-state index contributed by atoms with van der Waals surface area (Å²) in [7, 11) is 1.89. The van der Waals surface area contributed by atoms with Crippen LogP contribution in [0.3, 0.4) is 0 Å². The summed E-state index contributed by atoms with van der Waals surface area (Å²) in [5, 5.41) is 4.07. The molecule has 1 unspecified atom stereocenters. The van der Waals surface area contributed by atoms with Crippen molar-refractivity contribution in [2.45, 2.75) is 18.9 Å². The Morgan fingerprint density at radius 3 is 3.00 bits per heavy atom. The van der Waals surface area contributed by atoms with Crippen LogP contribution in [0.1, 0.15) is 12.8 Å². The zero-order chi connectivity index (χ0) is 14.5. The van der Waals surface area contributed by atoms with Gasteiger partial charge in [0.1, 0.15) is 5.75 Å². The molecular weight excluding hydrogens is 299 g/mol. The maximum absolute atomic E-state index is 12.2. The molecule has 0 radical (unpaired) electrons. The fourth-order valence-corrected chi connectivity index (χ4v) is 2.89. The van der Waals surface area contributed by atoms with Gasteiger partial charge in [-0.1, -0.05) is 23.2 Å². The number of amides is 1. The van der Waals surface area contributed by atoms with Crippen molar-refractivity contribution in [2.24, 2.45) is 0 Å². The van der Waals surface area contributed by atoms with Crippen LogP contribution in [0.25, 0.3) is 0 Å². The second kappa shape index (κ2) is 7.16. The predicted molar refractivity (Wildman–Crippen MR) is 80.6 cm³/mol.